The first-order chi connectivity index (χ1) is 20.1. The zero-order valence-electron chi connectivity index (χ0n) is 23.6. The van der Waals surface area contributed by atoms with Crippen molar-refractivity contribution in [2.24, 2.45) is 0 Å². The van der Waals surface area contributed by atoms with E-state index in [2.05, 4.69) is 5.32 Å². The Kier molecular flexibility index (Phi) is 10.8. The van der Waals surface area contributed by atoms with Gasteiger partial charge in [0.25, 0.3) is 10.0 Å². The van der Waals surface area contributed by atoms with Gasteiger partial charge in [0.2, 0.25) is 11.8 Å². The number of carbonyl (C=O) groups excluding carboxylic acids is 2. The lowest BCUT2D eigenvalue weighted by Crippen LogP contribution is -2.52. The first-order valence-corrected chi connectivity index (χ1v) is 16.1. The molecule has 0 aliphatic heterocycles. The van der Waals surface area contributed by atoms with Crippen molar-refractivity contribution in [1.29, 1.82) is 0 Å². The van der Waals surface area contributed by atoms with Crippen LogP contribution in [0.3, 0.4) is 0 Å². The highest BCUT2D eigenvalue weighted by Crippen LogP contribution is 2.29. The van der Waals surface area contributed by atoms with Crippen molar-refractivity contribution in [3.8, 4) is 5.75 Å². The number of benzene rings is 3. The molecule has 1 fully saturated rings. The van der Waals surface area contributed by atoms with Gasteiger partial charge in [0.05, 0.1) is 17.2 Å². The van der Waals surface area contributed by atoms with Crippen molar-refractivity contribution in [2.45, 2.75) is 63.1 Å². The molecule has 0 aromatic heterocycles. The van der Waals surface area contributed by atoms with Gasteiger partial charge in [0.15, 0.2) is 0 Å². The Hall–Kier alpha value is -3.27. The summed E-state index contributed by atoms with van der Waals surface area (Å²) in [5.74, 6) is -0.345. The first-order valence-electron chi connectivity index (χ1n) is 13.9. The maximum absolute atomic E-state index is 14.1. The van der Waals surface area contributed by atoms with E-state index in [9.17, 15) is 18.0 Å². The molecule has 3 aromatic rings. The molecular formula is C31H35Cl2N3O5S. The second-order valence-electron chi connectivity index (χ2n) is 10.1. The first kappa shape index (κ1) is 31.7. The summed E-state index contributed by atoms with van der Waals surface area (Å²) in [7, 11) is -4.17. The second kappa shape index (κ2) is 14.3. The van der Waals surface area contributed by atoms with E-state index in [-0.39, 0.29) is 29.1 Å². The highest BCUT2D eigenvalue weighted by atomic mass is 35.5. The molecule has 42 heavy (non-hydrogen) atoms. The van der Waals surface area contributed by atoms with Gasteiger partial charge in [-0.25, -0.2) is 8.42 Å². The van der Waals surface area contributed by atoms with E-state index in [1.807, 2.05) is 6.92 Å². The van der Waals surface area contributed by atoms with Gasteiger partial charge in [-0.2, -0.15) is 0 Å². The molecule has 1 atom stereocenters. The van der Waals surface area contributed by atoms with Crippen molar-refractivity contribution in [3.63, 3.8) is 0 Å². The summed E-state index contributed by atoms with van der Waals surface area (Å²) in [6, 6.07) is 18.5. The molecule has 1 saturated carbocycles. The standard InChI is InChI=1S/C31H35Cl2N3O5S/c1-3-41-25-18-16-24(17-19-25)36(42(39,40)26-12-5-4-6-13-26)21-30(37)35(20-27-28(32)14-9-15-29(27)33)22(2)31(38)34-23-10-7-8-11-23/h4-6,9,12-19,22-23H,3,7-8,10-11,20-21H2,1-2H3,(H,34,38). The Balaban J connectivity index is 1.71. The molecule has 1 N–H and O–H groups in total. The minimum absolute atomic E-state index is 0.0272. The zero-order valence-corrected chi connectivity index (χ0v) is 26.0. The topological polar surface area (TPSA) is 96.0 Å². The summed E-state index contributed by atoms with van der Waals surface area (Å²) in [5, 5.41) is 3.72. The molecule has 0 saturated heterocycles. The number of carbonyl (C=O) groups is 2. The maximum Gasteiger partial charge on any atom is 0.264 e. The fourth-order valence-corrected chi connectivity index (χ4v) is 6.90. The van der Waals surface area contributed by atoms with Crippen molar-refractivity contribution in [1.82, 2.24) is 10.2 Å². The maximum atomic E-state index is 14.1. The molecule has 0 spiro atoms. The molecule has 8 nitrogen and oxygen atoms in total. The highest BCUT2D eigenvalue weighted by molar-refractivity contribution is 7.92. The van der Waals surface area contributed by atoms with Crippen LogP contribution in [0.2, 0.25) is 10.0 Å². The summed E-state index contributed by atoms with van der Waals surface area (Å²) in [6.07, 6.45) is 3.82. The SMILES string of the molecule is CCOc1ccc(N(CC(=O)N(Cc2c(Cl)cccc2Cl)C(C)C(=O)NC2CCCC2)S(=O)(=O)c2ccccc2)cc1. The predicted octanol–water partition coefficient (Wildman–Crippen LogP) is 6.06. The normalized spacial score (nSPS) is 14.3. The average Bonchev–Trinajstić information content (AvgIpc) is 3.49. The van der Waals surface area contributed by atoms with Crippen molar-refractivity contribution < 1.29 is 22.7 Å². The Morgan fingerprint density at radius 1 is 0.952 bits per heavy atom. The van der Waals surface area contributed by atoms with Crippen LogP contribution >= 0.6 is 23.2 Å². The van der Waals surface area contributed by atoms with Gasteiger partial charge in [0.1, 0.15) is 18.3 Å². The van der Waals surface area contributed by atoms with Crippen LogP contribution in [-0.2, 0) is 26.2 Å². The lowest BCUT2D eigenvalue weighted by Gasteiger charge is -2.33. The highest BCUT2D eigenvalue weighted by Gasteiger charge is 2.34. The van der Waals surface area contributed by atoms with E-state index in [0.29, 0.717) is 28.0 Å². The van der Waals surface area contributed by atoms with Gasteiger partial charge in [-0.1, -0.05) is 60.3 Å². The minimum Gasteiger partial charge on any atom is -0.494 e. The van der Waals surface area contributed by atoms with E-state index in [1.54, 1.807) is 67.6 Å². The number of nitrogens with zero attached hydrogens (tertiary/aromatic N) is 2. The van der Waals surface area contributed by atoms with E-state index >= 15 is 0 Å². The molecule has 224 valence electrons. The molecule has 2 amide bonds. The monoisotopic (exact) mass is 631 g/mol. The van der Waals surface area contributed by atoms with Crippen LogP contribution in [0.1, 0.15) is 45.1 Å². The number of anilines is 1. The van der Waals surface area contributed by atoms with E-state index in [4.69, 9.17) is 27.9 Å². The third kappa shape index (κ3) is 7.56. The molecule has 1 unspecified atom stereocenters. The summed E-state index contributed by atoms with van der Waals surface area (Å²) >= 11 is 12.9. The average molecular weight is 633 g/mol. The Bertz CT molecular complexity index is 1460. The van der Waals surface area contributed by atoms with E-state index in [0.717, 1.165) is 30.0 Å². The van der Waals surface area contributed by atoms with Gasteiger partial charge in [0, 0.05) is 28.2 Å². The fourth-order valence-electron chi connectivity index (χ4n) is 4.95. The molecule has 4 rings (SSSR count). The molecular weight excluding hydrogens is 597 g/mol. The van der Waals surface area contributed by atoms with Crippen LogP contribution < -0.4 is 14.4 Å². The molecule has 0 heterocycles. The lowest BCUT2D eigenvalue weighted by atomic mass is 10.1. The molecule has 0 bridgehead atoms. The van der Waals surface area contributed by atoms with Gasteiger partial charge < -0.3 is 15.0 Å². The van der Waals surface area contributed by atoms with Crippen LogP contribution in [0, 0.1) is 0 Å². The predicted molar refractivity (Wildman–Crippen MR) is 165 cm³/mol. The van der Waals surface area contributed by atoms with Gasteiger partial charge >= 0.3 is 0 Å². The molecule has 3 aromatic carbocycles. The summed E-state index contributed by atoms with van der Waals surface area (Å²) in [4.78, 5) is 28.8. The zero-order chi connectivity index (χ0) is 30.3. The Morgan fingerprint density at radius 2 is 1.57 bits per heavy atom. The number of halogens is 2. The Labute approximate surface area is 257 Å². The number of ether oxygens (including phenoxy) is 1. The number of nitrogens with one attached hydrogen (secondary N) is 1. The largest absolute Gasteiger partial charge is 0.494 e. The lowest BCUT2D eigenvalue weighted by molar-refractivity contribution is -0.139. The van der Waals surface area contributed by atoms with E-state index < -0.39 is 28.5 Å². The summed E-state index contributed by atoms with van der Waals surface area (Å²) in [6.45, 7) is 3.28. The van der Waals surface area contributed by atoms with Crippen molar-refractivity contribution in [2.75, 3.05) is 17.5 Å². The third-order valence-electron chi connectivity index (χ3n) is 7.30. The smallest absolute Gasteiger partial charge is 0.264 e. The van der Waals surface area contributed by atoms with Crippen LogP contribution in [0.15, 0.2) is 77.7 Å². The number of hydrogen-bond donors (Lipinski definition) is 1. The van der Waals surface area contributed by atoms with Crippen LogP contribution in [0.25, 0.3) is 0 Å². The Morgan fingerprint density at radius 3 is 2.17 bits per heavy atom. The molecule has 1 aliphatic carbocycles. The molecule has 0 radical (unpaired) electrons. The van der Waals surface area contributed by atoms with E-state index in [1.165, 1.54) is 17.0 Å². The number of sulfonamides is 1. The summed E-state index contributed by atoms with van der Waals surface area (Å²) < 4.78 is 34.4. The minimum atomic E-state index is -4.17. The second-order valence-corrected chi connectivity index (χ2v) is 12.8. The number of amides is 2. The molecule has 11 heteroatoms. The number of rotatable bonds is 12. The van der Waals surface area contributed by atoms with Gasteiger partial charge in [-0.05, 0) is 75.2 Å². The van der Waals surface area contributed by atoms with Crippen LogP contribution in [-0.4, -0.2) is 50.4 Å². The van der Waals surface area contributed by atoms with Crippen LogP contribution in [0.4, 0.5) is 5.69 Å². The van der Waals surface area contributed by atoms with Gasteiger partial charge in [-0.15, -0.1) is 0 Å². The fraction of sp³-hybridized carbons (Fsp3) is 0.355. The summed E-state index contributed by atoms with van der Waals surface area (Å²) in [5.41, 5.74) is 0.739. The third-order valence-corrected chi connectivity index (χ3v) is 9.80. The van der Waals surface area contributed by atoms with Crippen molar-refractivity contribution >= 4 is 50.7 Å². The quantitative estimate of drug-likeness (QED) is 0.262. The number of hydrogen-bond acceptors (Lipinski definition) is 5. The van der Waals surface area contributed by atoms with Crippen molar-refractivity contribution in [3.05, 3.63) is 88.4 Å². The van der Waals surface area contributed by atoms with Crippen LogP contribution in [0.5, 0.6) is 5.75 Å². The molecule has 1 aliphatic rings. The van der Waals surface area contributed by atoms with Gasteiger partial charge in [-0.3, -0.25) is 13.9 Å².